The fourth-order valence-electron chi connectivity index (χ4n) is 0. The lowest BCUT2D eigenvalue weighted by molar-refractivity contribution is 0.823. The SMILES string of the molecule is C.C.CC.CCC.O.O.[HH].[HH]. The fourth-order valence-corrected chi connectivity index (χ4v) is 0. The molecule has 0 aromatic heterocycles. The second-order valence-electron chi connectivity index (χ2n) is 0.707. The molecule has 0 rings (SSSR count). The normalized spacial score (nSPS) is 2.67. The summed E-state index contributed by atoms with van der Waals surface area (Å²) >= 11 is 0. The molecule has 9 heavy (non-hydrogen) atoms. The number of rotatable bonds is 0. The van der Waals surface area contributed by atoms with E-state index in [1.54, 1.807) is 0 Å². The van der Waals surface area contributed by atoms with Gasteiger partial charge in [0.1, 0.15) is 0 Å². The summed E-state index contributed by atoms with van der Waals surface area (Å²) < 4.78 is 0. The van der Waals surface area contributed by atoms with E-state index in [1.807, 2.05) is 13.8 Å². The zero-order valence-corrected chi connectivity index (χ0v) is 5.71. The molecule has 4 N–H and O–H groups in total. The van der Waals surface area contributed by atoms with E-state index < -0.39 is 0 Å². The fraction of sp³-hybridized carbons (Fsp3) is 1.00. The highest BCUT2D eigenvalue weighted by Gasteiger charge is 1.35. The summed E-state index contributed by atoms with van der Waals surface area (Å²) in [5, 5.41) is 0. The monoisotopic (exact) mass is 146 g/mol. The first-order valence-corrected chi connectivity index (χ1v) is 2.41. The van der Waals surface area contributed by atoms with Crippen molar-refractivity contribution >= 4 is 0 Å². The molecule has 0 amide bonds. The molecule has 2 heteroatoms. The van der Waals surface area contributed by atoms with Crippen molar-refractivity contribution in [3.63, 3.8) is 0 Å². The number of hydrogen-bond donors (Lipinski definition) is 0. The average molecular weight is 146 g/mol. The molecule has 0 atom stereocenters. The zero-order valence-electron chi connectivity index (χ0n) is 5.71. The molecule has 70 valence electrons. The van der Waals surface area contributed by atoms with Crippen LogP contribution in [0.25, 0.3) is 0 Å². The lowest BCUT2D eigenvalue weighted by atomic mass is 10.6. The van der Waals surface area contributed by atoms with Gasteiger partial charge < -0.3 is 11.0 Å². The molecular formula is C7H30O2. The van der Waals surface area contributed by atoms with E-state index in [-0.39, 0.29) is 28.7 Å². The van der Waals surface area contributed by atoms with Crippen molar-refractivity contribution in [1.29, 1.82) is 0 Å². The van der Waals surface area contributed by atoms with Gasteiger partial charge in [-0.2, -0.15) is 0 Å². The molecule has 0 spiro atoms. The lowest BCUT2D eigenvalue weighted by Gasteiger charge is -1.48. The Balaban J connectivity index is -0.00000000181. The van der Waals surface area contributed by atoms with Crippen LogP contribution in [0, 0.1) is 0 Å². The first-order valence-electron chi connectivity index (χ1n) is 2.41. The molecule has 0 bridgehead atoms. The van der Waals surface area contributed by atoms with Crippen molar-refractivity contribution in [2.45, 2.75) is 49.0 Å². The van der Waals surface area contributed by atoms with Crippen molar-refractivity contribution in [2.75, 3.05) is 0 Å². The van der Waals surface area contributed by atoms with Gasteiger partial charge in [0.25, 0.3) is 0 Å². The van der Waals surface area contributed by atoms with Crippen LogP contribution >= 0.6 is 0 Å². The van der Waals surface area contributed by atoms with Crippen molar-refractivity contribution in [3.05, 3.63) is 0 Å². The van der Waals surface area contributed by atoms with E-state index >= 15 is 0 Å². The largest absolute Gasteiger partial charge is 0.412 e. The van der Waals surface area contributed by atoms with E-state index in [0.29, 0.717) is 0 Å². The van der Waals surface area contributed by atoms with Gasteiger partial charge in [-0.25, -0.2) is 0 Å². The van der Waals surface area contributed by atoms with Crippen molar-refractivity contribution in [1.82, 2.24) is 0 Å². The molecule has 0 aliphatic carbocycles. The Morgan fingerprint density at radius 3 is 0.889 bits per heavy atom. The third kappa shape index (κ3) is 43400. The number of hydrogen-bond acceptors (Lipinski definition) is 0. The molecule has 0 saturated carbocycles. The van der Waals surface area contributed by atoms with Gasteiger partial charge >= 0.3 is 0 Å². The molecule has 0 unspecified atom stereocenters. The van der Waals surface area contributed by atoms with E-state index in [2.05, 4.69) is 13.8 Å². The Kier molecular flexibility index (Phi) is 3270. The molecule has 0 aromatic rings. The molecule has 0 heterocycles. The predicted octanol–water partition coefficient (Wildman–Crippen LogP) is 2.56. The first kappa shape index (κ1) is 65.6. The van der Waals surface area contributed by atoms with Crippen LogP contribution in [-0.2, 0) is 0 Å². The van der Waals surface area contributed by atoms with Gasteiger partial charge in [0.2, 0.25) is 0 Å². The van der Waals surface area contributed by atoms with E-state index in [9.17, 15) is 0 Å². The Labute approximate surface area is 63.9 Å². The highest BCUT2D eigenvalue weighted by atomic mass is 16.0. The molecule has 0 aliphatic rings. The van der Waals surface area contributed by atoms with Gasteiger partial charge in [-0.05, 0) is 0 Å². The van der Waals surface area contributed by atoms with Crippen molar-refractivity contribution < 1.29 is 13.8 Å². The van der Waals surface area contributed by atoms with Crippen LogP contribution in [0.5, 0.6) is 0 Å². The minimum absolute atomic E-state index is 0. The third-order valence-electron chi connectivity index (χ3n) is 0. The van der Waals surface area contributed by atoms with Crippen LogP contribution in [0.15, 0.2) is 0 Å². The highest BCUT2D eigenvalue weighted by Crippen LogP contribution is 1.56. The Morgan fingerprint density at radius 1 is 0.889 bits per heavy atom. The summed E-state index contributed by atoms with van der Waals surface area (Å²) in [7, 11) is 0. The van der Waals surface area contributed by atoms with Crippen LogP contribution in [0.4, 0.5) is 0 Å². The Hall–Kier alpha value is -0.0800. The quantitative estimate of drug-likeness (QED) is 0.504. The Morgan fingerprint density at radius 2 is 0.889 bits per heavy atom. The smallest absolute Gasteiger partial charge is 0 e. The van der Waals surface area contributed by atoms with Gasteiger partial charge in [-0.3, -0.25) is 0 Å². The van der Waals surface area contributed by atoms with E-state index in [4.69, 9.17) is 0 Å². The molecule has 0 fully saturated rings. The van der Waals surface area contributed by atoms with Crippen LogP contribution in [-0.4, -0.2) is 11.0 Å². The molecule has 0 radical (unpaired) electrons. The second-order valence-corrected chi connectivity index (χ2v) is 0.707. The third-order valence-corrected chi connectivity index (χ3v) is 0. The van der Waals surface area contributed by atoms with Gasteiger partial charge in [0, 0.05) is 2.85 Å². The van der Waals surface area contributed by atoms with Crippen LogP contribution < -0.4 is 0 Å². The maximum atomic E-state index is 2.12. The van der Waals surface area contributed by atoms with Crippen LogP contribution in [0.1, 0.15) is 51.8 Å². The minimum Gasteiger partial charge on any atom is -0.412 e. The summed E-state index contributed by atoms with van der Waals surface area (Å²) in [6, 6.07) is 0. The second kappa shape index (κ2) is 448. The van der Waals surface area contributed by atoms with E-state index in [0.717, 1.165) is 0 Å². The predicted molar refractivity (Wildman–Crippen MR) is 52.2 cm³/mol. The van der Waals surface area contributed by atoms with E-state index in [1.165, 1.54) is 6.42 Å². The summed E-state index contributed by atoms with van der Waals surface area (Å²) in [6.45, 7) is 8.25. The standard InChI is InChI=1S/C3H8.C2H6.2CH4.2H2O.2H2/c1-3-2;1-2;;;;;;/h3H2,1-2H3;1-2H3;2*1H4;2*1H2;2*1H. The highest BCUT2D eigenvalue weighted by molar-refractivity contribution is 3.92. The maximum Gasteiger partial charge on any atom is 0 e. The Bertz CT molecular complexity index is 14.4. The van der Waals surface area contributed by atoms with Crippen LogP contribution in [0.3, 0.4) is 0 Å². The van der Waals surface area contributed by atoms with Gasteiger partial charge in [-0.15, -0.1) is 0 Å². The summed E-state index contributed by atoms with van der Waals surface area (Å²) in [5.74, 6) is 0. The van der Waals surface area contributed by atoms with Gasteiger partial charge in [0.05, 0.1) is 0 Å². The summed E-state index contributed by atoms with van der Waals surface area (Å²) in [4.78, 5) is 0. The summed E-state index contributed by atoms with van der Waals surface area (Å²) in [5.41, 5.74) is 0. The molecular weight excluding hydrogens is 116 g/mol. The minimum atomic E-state index is 0. The van der Waals surface area contributed by atoms with Crippen molar-refractivity contribution in [2.24, 2.45) is 0 Å². The van der Waals surface area contributed by atoms with Gasteiger partial charge in [0.15, 0.2) is 0 Å². The lowest BCUT2D eigenvalue weighted by Crippen LogP contribution is -1.27. The topological polar surface area (TPSA) is 63.0 Å². The van der Waals surface area contributed by atoms with Gasteiger partial charge in [-0.1, -0.05) is 49.0 Å². The van der Waals surface area contributed by atoms with Crippen molar-refractivity contribution in [3.8, 4) is 0 Å². The van der Waals surface area contributed by atoms with Crippen LogP contribution in [0.2, 0.25) is 0 Å². The average Bonchev–Trinajstić information content (AvgIpc) is 1.46. The maximum absolute atomic E-state index is 2.12. The first-order chi connectivity index (χ1) is 2.41. The molecule has 2 nitrogen and oxygen atoms in total. The summed E-state index contributed by atoms with van der Waals surface area (Å²) in [6.07, 6.45) is 1.25. The molecule has 0 saturated heterocycles. The molecule has 0 aromatic carbocycles. The zero-order chi connectivity index (χ0) is 4.71. The molecule has 0 aliphatic heterocycles.